The highest BCUT2D eigenvalue weighted by molar-refractivity contribution is 5.97. The zero-order chi connectivity index (χ0) is 21.2. The van der Waals surface area contributed by atoms with Crippen LogP contribution in [-0.2, 0) is 14.3 Å². The van der Waals surface area contributed by atoms with Crippen molar-refractivity contribution < 1.29 is 23.9 Å². The van der Waals surface area contributed by atoms with Crippen LogP contribution in [0.5, 0.6) is 5.75 Å². The van der Waals surface area contributed by atoms with Gasteiger partial charge in [-0.3, -0.25) is 9.59 Å². The van der Waals surface area contributed by atoms with E-state index >= 15 is 0 Å². The second kappa shape index (κ2) is 10.8. The number of carbonyl (C=O) groups is 3. The molecule has 0 fully saturated rings. The van der Waals surface area contributed by atoms with Crippen LogP contribution in [0.3, 0.4) is 0 Å². The molecule has 154 valence electrons. The van der Waals surface area contributed by atoms with E-state index in [-0.39, 0.29) is 12.5 Å². The molecule has 0 unspecified atom stereocenters. The van der Waals surface area contributed by atoms with Crippen molar-refractivity contribution in [3.05, 3.63) is 59.7 Å². The number of rotatable bonds is 9. The first-order valence-electron chi connectivity index (χ1n) is 9.47. The van der Waals surface area contributed by atoms with E-state index in [0.717, 1.165) is 5.56 Å². The Morgan fingerprint density at radius 1 is 0.966 bits per heavy atom. The Labute approximate surface area is 170 Å². The molecule has 0 aliphatic carbocycles. The fraction of sp³-hybridized carbons (Fsp3) is 0.318. The molecular formula is C22H26N2O5. The molecule has 2 aromatic rings. The molecule has 0 saturated heterocycles. The molecule has 0 bridgehead atoms. The van der Waals surface area contributed by atoms with E-state index in [0.29, 0.717) is 30.1 Å². The average Bonchev–Trinajstić information content (AvgIpc) is 2.72. The Balaban J connectivity index is 1.82. The Bertz CT molecular complexity index is 862. The molecule has 0 aliphatic rings. The summed E-state index contributed by atoms with van der Waals surface area (Å²) < 4.78 is 10.3. The van der Waals surface area contributed by atoms with Crippen molar-refractivity contribution in [1.29, 1.82) is 0 Å². The number of carbonyl (C=O) groups excluding carboxylic acids is 3. The lowest BCUT2D eigenvalue weighted by Gasteiger charge is -2.19. The van der Waals surface area contributed by atoms with E-state index < -0.39 is 18.5 Å². The van der Waals surface area contributed by atoms with Gasteiger partial charge in [0.2, 0.25) is 0 Å². The predicted octanol–water partition coefficient (Wildman–Crippen LogP) is 3.04. The van der Waals surface area contributed by atoms with E-state index in [2.05, 4.69) is 5.32 Å². The molecule has 0 aromatic heterocycles. The summed E-state index contributed by atoms with van der Waals surface area (Å²) >= 11 is 0. The summed E-state index contributed by atoms with van der Waals surface area (Å²) in [5, 5.41) is 2.62. The highest BCUT2D eigenvalue weighted by Crippen LogP contribution is 2.14. The number of esters is 1. The van der Waals surface area contributed by atoms with Crippen LogP contribution < -0.4 is 10.1 Å². The average molecular weight is 398 g/mol. The summed E-state index contributed by atoms with van der Waals surface area (Å²) in [6.07, 6.45) is 0. The fourth-order valence-electron chi connectivity index (χ4n) is 2.66. The molecule has 2 rings (SSSR count). The van der Waals surface area contributed by atoms with Crippen molar-refractivity contribution in [1.82, 2.24) is 4.90 Å². The first-order valence-corrected chi connectivity index (χ1v) is 9.47. The summed E-state index contributed by atoms with van der Waals surface area (Å²) in [5.74, 6) is -0.694. The highest BCUT2D eigenvalue weighted by atomic mass is 16.6. The molecule has 0 saturated carbocycles. The minimum absolute atomic E-state index is 0.106. The van der Waals surface area contributed by atoms with Crippen LogP contribution in [0.4, 0.5) is 5.69 Å². The van der Waals surface area contributed by atoms with Gasteiger partial charge in [0.05, 0.1) is 0 Å². The van der Waals surface area contributed by atoms with E-state index in [1.165, 1.54) is 0 Å². The Morgan fingerprint density at radius 3 is 2.38 bits per heavy atom. The van der Waals surface area contributed by atoms with E-state index in [1.54, 1.807) is 41.3 Å². The molecular weight excluding hydrogens is 372 g/mol. The van der Waals surface area contributed by atoms with Gasteiger partial charge in [0, 0.05) is 24.3 Å². The number of nitrogens with one attached hydrogen (secondary N) is 1. The second-order valence-corrected chi connectivity index (χ2v) is 6.37. The van der Waals surface area contributed by atoms with Gasteiger partial charge in [-0.1, -0.05) is 18.2 Å². The number of hydrogen-bond acceptors (Lipinski definition) is 5. The van der Waals surface area contributed by atoms with Crippen LogP contribution in [0.1, 0.15) is 29.8 Å². The molecule has 0 radical (unpaired) electrons. The van der Waals surface area contributed by atoms with Crippen LogP contribution in [0.15, 0.2) is 48.5 Å². The lowest BCUT2D eigenvalue weighted by molar-refractivity contribution is -0.149. The molecule has 2 amide bonds. The fourth-order valence-corrected chi connectivity index (χ4v) is 2.66. The van der Waals surface area contributed by atoms with Crippen molar-refractivity contribution in [2.75, 3.05) is 31.6 Å². The van der Waals surface area contributed by atoms with E-state index in [1.807, 2.05) is 32.9 Å². The van der Waals surface area contributed by atoms with Crippen molar-refractivity contribution in [2.24, 2.45) is 0 Å². The number of nitrogens with zero attached hydrogens (tertiary/aromatic N) is 1. The first kappa shape index (κ1) is 21.9. The normalized spacial score (nSPS) is 10.2. The second-order valence-electron chi connectivity index (χ2n) is 6.37. The maximum Gasteiger partial charge on any atom is 0.344 e. The largest absolute Gasteiger partial charge is 0.482 e. The lowest BCUT2D eigenvalue weighted by Crippen LogP contribution is -2.30. The predicted molar refractivity (Wildman–Crippen MR) is 110 cm³/mol. The molecule has 0 spiro atoms. The third kappa shape index (κ3) is 6.95. The number of benzene rings is 2. The zero-order valence-electron chi connectivity index (χ0n) is 16.9. The van der Waals surface area contributed by atoms with Gasteiger partial charge in [0.15, 0.2) is 13.2 Å². The van der Waals surface area contributed by atoms with Crippen molar-refractivity contribution in [2.45, 2.75) is 20.8 Å². The molecule has 7 heteroatoms. The van der Waals surface area contributed by atoms with Gasteiger partial charge >= 0.3 is 5.97 Å². The maximum atomic E-state index is 12.4. The van der Waals surface area contributed by atoms with Crippen molar-refractivity contribution >= 4 is 23.5 Å². The summed E-state index contributed by atoms with van der Waals surface area (Å²) in [6.45, 7) is 6.21. The van der Waals surface area contributed by atoms with Crippen LogP contribution in [-0.4, -0.2) is 49.0 Å². The molecule has 0 heterocycles. The maximum absolute atomic E-state index is 12.4. The van der Waals surface area contributed by atoms with Crippen LogP contribution >= 0.6 is 0 Å². The Hall–Kier alpha value is -3.35. The van der Waals surface area contributed by atoms with Crippen LogP contribution in [0.25, 0.3) is 0 Å². The number of anilines is 1. The quantitative estimate of drug-likeness (QED) is 0.657. The monoisotopic (exact) mass is 398 g/mol. The minimum Gasteiger partial charge on any atom is -0.482 e. The number of hydrogen-bond donors (Lipinski definition) is 1. The van der Waals surface area contributed by atoms with Gasteiger partial charge in [-0.2, -0.15) is 0 Å². The smallest absolute Gasteiger partial charge is 0.344 e. The van der Waals surface area contributed by atoms with Gasteiger partial charge in [-0.25, -0.2) is 4.79 Å². The number of aryl methyl sites for hydroxylation is 1. The Morgan fingerprint density at radius 2 is 1.69 bits per heavy atom. The number of ether oxygens (including phenoxy) is 2. The van der Waals surface area contributed by atoms with Crippen LogP contribution in [0, 0.1) is 6.92 Å². The van der Waals surface area contributed by atoms with E-state index in [9.17, 15) is 14.4 Å². The SMILES string of the molecule is CCN(CC)C(=O)c1cccc(NC(=O)COC(=O)COc2cccc(C)c2)c1. The molecule has 0 aliphatic heterocycles. The summed E-state index contributed by atoms with van der Waals surface area (Å²) in [6, 6.07) is 13.9. The van der Waals surface area contributed by atoms with Crippen molar-refractivity contribution in [3.8, 4) is 5.75 Å². The standard InChI is InChI=1S/C22H26N2O5/c1-4-24(5-2)22(27)17-9-7-10-18(13-17)23-20(25)14-29-21(26)15-28-19-11-6-8-16(3)12-19/h6-13H,4-5,14-15H2,1-3H3,(H,23,25). The van der Waals surface area contributed by atoms with E-state index in [4.69, 9.17) is 9.47 Å². The highest BCUT2D eigenvalue weighted by Gasteiger charge is 2.14. The zero-order valence-corrected chi connectivity index (χ0v) is 16.9. The molecule has 29 heavy (non-hydrogen) atoms. The van der Waals surface area contributed by atoms with Crippen LogP contribution in [0.2, 0.25) is 0 Å². The first-order chi connectivity index (χ1) is 13.9. The lowest BCUT2D eigenvalue weighted by atomic mass is 10.1. The topological polar surface area (TPSA) is 84.9 Å². The van der Waals surface area contributed by atoms with Gasteiger partial charge in [-0.05, 0) is 56.7 Å². The number of amides is 2. The molecule has 0 atom stereocenters. The summed E-state index contributed by atoms with van der Waals surface area (Å²) in [7, 11) is 0. The van der Waals surface area contributed by atoms with Gasteiger partial charge in [0.25, 0.3) is 11.8 Å². The Kier molecular flexibility index (Phi) is 8.21. The molecule has 2 aromatic carbocycles. The summed E-state index contributed by atoms with van der Waals surface area (Å²) in [5.41, 5.74) is 1.95. The minimum atomic E-state index is -0.646. The summed E-state index contributed by atoms with van der Waals surface area (Å²) in [4.78, 5) is 37.9. The molecule has 1 N–H and O–H groups in total. The van der Waals surface area contributed by atoms with Crippen molar-refractivity contribution in [3.63, 3.8) is 0 Å². The third-order valence-electron chi connectivity index (χ3n) is 4.15. The van der Waals surface area contributed by atoms with Gasteiger partial charge < -0.3 is 19.7 Å². The molecule has 7 nitrogen and oxygen atoms in total. The third-order valence-corrected chi connectivity index (χ3v) is 4.15. The van der Waals surface area contributed by atoms with Gasteiger partial charge in [0.1, 0.15) is 5.75 Å². The van der Waals surface area contributed by atoms with Gasteiger partial charge in [-0.15, -0.1) is 0 Å².